The van der Waals surface area contributed by atoms with Crippen LogP contribution in [0.2, 0.25) is 58.9 Å². The molecule has 0 aromatic heterocycles. The third kappa shape index (κ3) is 11.4. The molecule has 9 heteroatoms. The Morgan fingerprint density at radius 2 is 1.43 bits per heavy atom. The predicted molar refractivity (Wildman–Crippen MR) is 107 cm³/mol. The van der Waals surface area contributed by atoms with Crippen LogP contribution < -0.4 is 0 Å². The second kappa shape index (κ2) is 8.10. The van der Waals surface area contributed by atoms with Gasteiger partial charge >= 0.3 is 0 Å². The fourth-order valence-corrected chi connectivity index (χ4v) is 10.9. The quantitative estimate of drug-likeness (QED) is 0.420. The van der Waals surface area contributed by atoms with Gasteiger partial charge in [-0.25, -0.2) is 0 Å². The highest BCUT2D eigenvalue weighted by Gasteiger charge is 2.35. The molecule has 0 aliphatic rings. The Balaban J connectivity index is 5.02. The minimum Gasteiger partial charge on any atom is -0.520 e. The summed E-state index contributed by atoms with van der Waals surface area (Å²) >= 11 is 0. The first-order valence-corrected chi connectivity index (χ1v) is 20.4. The molecule has 0 N–H and O–H groups in total. The van der Waals surface area contributed by atoms with Crippen molar-refractivity contribution in [3.05, 3.63) is 0 Å². The number of hydrogen-bond acceptors (Lipinski definition) is 5. The Hall–Kier alpha value is 0.271. The highest BCUT2D eigenvalue weighted by Crippen LogP contribution is 2.51. The van der Waals surface area contributed by atoms with Crippen LogP contribution in [0.4, 0.5) is 0 Å². The molecule has 0 saturated carbocycles. The summed E-state index contributed by atoms with van der Waals surface area (Å²) in [5.41, 5.74) is 0. The number of nitrogens with zero attached hydrogens (tertiary/aromatic N) is 1. The summed E-state index contributed by atoms with van der Waals surface area (Å²) in [4.78, 5) is 12.0. The summed E-state index contributed by atoms with van der Waals surface area (Å²) in [6.07, 6.45) is 0.869. The molecule has 5 nitrogen and oxygen atoms in total. The van der Waals surface area contributed by atoms with E-state index < -0.39 is 32.2 Å². The van der Waals surface area contributed by atoms with E-state index in [2.05, 4.69) is 24.2 Å². The van der Waals surface area contributed by atoms with Crippen molar-refractivity contribution in [2.75, 3.05) is 19.5 Å². The van der Waals surface area contributed by atoms with Crippen molar-refractivity contribution in [1.82, 2.24) is 4.57 Å². The fourth-order valence-electron chi connectivity index (χ4n) is 1.83. The Labute approximate surface area is 145 Å². The van der Waals surface area contributed by atoms with Gasteiger partial charge in [0.25, 0.3) is 5.97 Å². The van der Waals surface area contributed by atoms with Gasteiger partial charge in [0.2, 0.25) is 15.7 Å². The lowest BCUT2D eigenvalue weighted by Gasteiger charge is -2.35. The standard InChI is InChI=1S/C14H36NO4PSi3/c1-15(21(2,3)4)13-20(17,19-23(8,9)10)12-11-14(16)18-22(5,6)7/h11-13H2,1-10H3. The van der Waals surface area contributed by atoms with E-state index in [4.69, 9.17) is 8.64 Å². The monoisotopic (exact) mass is 397 g/mol. The SMILES string of the molecule is CN(CP(=O)(CCC(=O)O[Si](C)(C)C)O[Si](C)(C)C)[Si](C)(C)C. The van der Waals surface area contributed by atoms with Crippen molar-refractivity contribution >= 4 is 38.2 Å². The maximum Gasteiger partial charge on any atom is 0.293 e. The molecule has 0 aliphatic heterocycles. The molecule has 23 heavy (non-hydrogen) atoms. The molecule has 1 unspecified atom stereocenters. The first-order chi connectivity index (χ1) is 9.94. The lowest BCUT2D eigenvalue weighted by molar-refractivity contribution is -0.134. The Morgan fingerprint density at radius 1 is 0.957 bits per heavy atom. The molecule has 0 fully saturated rings. The summed E-state index contributed by atoms with van der Waals surface area (Å²) in [7, 11) is -6.28. The molecular formula is C14H36NO4PSi3. The minimum absolute atomic E-state index is 0.172. The van der Waals surface area contributed by atoms with E-state index in [0.717, 1.165) is 0 Å². The zero-order valence-electron chi connectivity index (χ0n) is 16.6. The number of carbonyl (C=O) groups is 1. The van der Waals surface area contributed by atoms with Crippen LogP contribution in [0, 0.1) is 0 Å². The topological polar surface area (TPSA) is 55.8 Å². The number of rotatable bonds is 9. The van der Waals surface area contributed by atoms with Crippen LogP contribution in [0.1, 0.15) is 6.42 Å². The zero-order valence-corrected chi connectivity index (χ0v) is 20.5. The number of carbonyl (C=O) groups excluding carboxylic acids is 1. The largest absolute Gasteiger partial charge is 0.520 e. The van der Waals surface area contributed by atoms with Gasteiger partial charge in [-0.3, -0.25) is 9.36 Å². The van der Waals surface area contributed by atoms with Gasteiger partial charge < -0.3 is 13.2 Å². The van der Waals surface area contributed by atoms with Crippen LogP contribution in [0.5, 0.6) is 0 Å². The molecule has 0 aromatic rings. The summed E-state index contributed by atoms with van der Waals surface area (Å²) < 4.78 is 27.0. The van der Waals surface area contributed by atoms with Crippen LogP contribution in [0.15, 0.2) is 0 Å². The van der Waals surface area contributed by atoms with E-state index in [1.807, 2.05) is 46.3 Å². The Kier molecular flexibility index (Phi) is 8.19. The summed E-state index contributed by atoms with van der Waals surface area (Å²) in [5, 5.41) is 0. The van der Waals surface area contributed by atoms with Gasteiger partial charge in [0, 0.05) is 6.16 Å². The molecule has 0 saturated heterocycles. The van der Waals surface area contributed by atoms with Crippen LogP contribution in [0.25, 0.3) is 0 Å². The first kappa shape index (κ1) is 23.3. The van der Waals surface area contributed by atoms with E-state index in [1.165, 1.54) is 0 Å². The van der Waals surface area contributed by atoms with Gasteiger partial charge in [-0.2, -0.15) is 0 Å². The molecule has 138 valence electrons. The maximum atomic E-state index is 13.4. The van der Waals surface area contributed by atoms with Gasteiger partial charge in [-0.15, -0.1) is 0 Å². The molecule has 0 aromatic carbocycles. The molecule has 0 amide bonds. The second-order valence-corrected chi connectivity index (χ2v) is 25.9. The van der Waals surface area contributed by atoms with Gasteiger partial charge in [0.1, 0.15) is 8.24 Å². The summed E-state index contributed by atoms with van der Waals surface area (Å²) in [6.45, 7) is 18.7. The van der Waals surface area contributed by atoms with E-state index in [-0.39, 0.29) is 18.6 Å². The van der Waals surface area contributed by atoms with E-state index in [1.54, 1.807) is 0 Å². The lowest BCUT2D eigenvalue weighted by atomic mass is 10.5. The smallest absolute Gasteiger partial charge is 0.293 e. The third-order valence-electron chi connectivity index (χ3n) is 3.09. The van der Waals surface area contributed by atoms with Gasteiger partial charge in [-0.05, 0) is 46.3 Å². The first-order valence-electron chi connectivity index (χ1n) is 8.15. The fraction of sp³-hybridized carbons (Fsp3) is 0.929. The summed E-state index contributed by atoms with van der Waals surface area (Å²) in [5.74, 6) is -0.251. The maximum absolute atomic E-state index is 13.4. The third-order valence-corrected chi connectivity index (χ3v) is 11.9. The normalized spacial score (nSPS) is 16.3. The average Bonchev–Trinajstić information content (AvgIpc) is 2.20. The molecular weight excluding hydrogens is 361 g/mol. The highest BCUT2D eigenvalue weighted by atomic mass is 31.2. The molecule has 0 bridgehead atoms. The average molecular weight is 398 g/mol. The zero-order chi connectivity index (χ0) is 18.7. The molecule has 0 rings (SSSR count). The molecule has 0 spiro atoms. The van der Waals surface area contributed by atoms with Crippen LogP contribution in [-0.2, 0) is 18.0 Å². The van der Waals surface area contributed by atoms with Crippen molar-refractivity contribution < 1.29 is 18.0 Å². The second-order valence-electron chi connectivity index (χ2n) is 9.09. The van der Waals surface area contributed by atoms with Gasteiger partial charge in [0.05, 0.1) is 12.7 Å². The van der Waals surface area contributed by atoms with Crippen molar-refractivity contribution in [1.29, 1.82) is 0 Å². The van der Waals surface area contributed by atoms with Crippen LogP contribution in [-0.4, -0.2) is 54.9 Å². The van der Waals surface area contributed by atoms with Crippen LogP contribution in [0.3, 0.4) is 0 Å². The minimum atomic E-state index is -2.88. The molecule has 0 radical (unpaired) electrons. The van der Waals surface area contributed by atoms with E-state index >= 15 is 0 Å². The van der Waals surface area contributed by atoms with Gasteiger partial charge in [-0.1, -0.05) is 19.6 Å². The van der Waals surface area contributed by atoms with E-state index in [9.17, 15) is 9.36 Å². The predicted octanol–water partition coefficient (Wildman–Crippen LogP) is 4.61. The van der Waals surface area contributed by atoms with Crippen molar-refractivity contribution in [3.8, 4) is 0 Å². The molecule has 1 atom stereocenters. The van der Waals surface area contributed by atoms with Crippen molar-refractivity contribution in [2.24, 2.45) is 0 Å². The lowest BCUT2D eigenvalue weighted by Crippen LogP contribution is -2.44. The van der Waals surface area contributed by atoms with Crippen molar-refractivity contribution in [3.63, 3.8) is 0 Å². The summed E-state index contributed by atoms with van der Waals surface area (Å²) in [6, 6.07) is 0. The molecule has 0 heterocycles. The number of hydrogen-bond donors (Lipinski definition) is 0. The Morgan fingerprint density at radius 3 is 1.78 bits per heavy atom. The Bertz CT molecular complexity index is 452. The van der Waals surface area contributed by atoms with E-state index in [0.29, 0.717) is 6.29 Å². The highest BCUT2D eigenvalue weighted by molar-refractivity contribution is 7.60. The molecule has 0 aliphatic carbocycles. The van der Waals surface area contributed by atoms with Crippen molar-refractivity contribution in [2.45, 2.75) is 65.3 Å². The van der Waals surface area contributed by atoms with Gasteiger partial charge in [0.15, 0.2) is 8.32 Å². The van der Waals surface area contributed by atoms with Crippen LogP contribution >= 0.6 is 7.37 Å².